The number of methoxy groups -OCH3 is 1. The average molecular weight is 424 g/mol. The minimum absolute atomic E-state index is 0.0932. The number of nitrogens with zero attached hydrogens (tertiary/aromatic N) is 5. The highest BCUT2D eigenvalue weighted by atomic mass is 32.1. The molecule has 0 saturated carbocycles. The van der Waals surface area contributed by atoms with Crippen molar-refractivity contribution in [2.24, 2.45) is 0 Å². The Labute approximate surface area is 180 Å². The highest BCUT2D eigenvalue weighted by molar-refractivity contribution is 7.14. The van der Waals surface area contributed by atoms with Crippen LogP contribution in [0.25, 0.3) is 0 Å². The molecule has 0 aliphatic carbocycles. The van der Waals surface area contributed by atoms with Crippen LogP contribution in [0.2, 0.25) is 0 Å². The second-order valence-electron chi connectivity index (χ2n) is 7.10. The van der Waals surface area contributed by atoms with Crippen molar-refractivity contribution in [3.63, 3.8) is 0 Å². The van der Waals surface area contributed by atoms with Crippen LogP contribution in [0.3, 0.4) is 0 Å². The third kappa shape index (κ3) is 4.44. The molecule has 3 heterocycles. The van der Waals surface area contributed by atoms with E-state index in [0.29, 0.717) is 16.6 Å². The molecule has 1 saturated heterocycles. The van der Waals surface area contributed by atoms with Crippen LogP contribution in [0.15, 0.2) is 54.0 Å². The lowest BCUT2D eigenvalue weighted by Gasteiger charge is -2.35. The Hall–Kier alpha value is -2.97. The number of anilines is 3. The molecule has 0 radical (unpaired) electrons. The van der Waals surface area contributed by atoms with Crippen molar-refractivity contribution in [2.75, 3.05) is 43.1 Å². The predicted octanol–water partition coefficient (Wildman–Crippen LogP) is 3.55. The molecular weight excluding hydrogens is 398 g/mol. The summed E-state index contributed by atoms with van der Waals surface area (Å²) in [6, 6.07) is 13.5. The molecule has 1 aliphatic rings. The molecule has 30 heavy (non-hydrogen) atoms. The van der Waals surface area contributed by atoms with Gasteiger partial charge in [-0.15, -0.1) is 11.3 Å². The third-order valence-electron chi connectivity index (χ3n) is 5.10. The van der Waals surface area contributed by atoms with Gasteiger partial charge in [-0.1, -0.05) is 18.2 Å². The van der Waals surface area contributed by atoms with Crippen LogP contribution in [-0.2, 0) is 11.3 Å². The third-order valence-corrected chi connectivity index (χ3v) is 5.98. The van der Waals surface area contributed by atoms with E-state index < -0.39 is 0 Å². The molecule has 2 aromatic heterocycles. The van der Waals surface area contributed by atoms with E-state index >= 15 is 0 Å². The molecule has 1 fully saturated rings. The Bertz CT molecular complexity index is 986. The highest BCUT2D eigenvalue weighted by Gasteiger charge is 2.23. The lowest BCUT2D eigenvalue weighted by Crippen LogP contribution is -2.46. The molecule has 1 aliphatic heterocycles. The van der Waals surface area contributed by atoms with E-state index in [9.17, 15) is 4.79 Å². The van der Waals surface area contributed by atoms with Crippen LogP contribution in [0.1, 0.15) is 12.6 Å². The van der Waals surface area contributed by atoms with E-state index in [0.717, 1.165) is 44.2 Å². The van der Waals surface area contributed by atoms with Gasteiger partial charge in [0.05, 0.1) is 18.5 Å². The predicted molar refractivity (Wildman–Crippen MR) is 120 cm³/mol. The fourth-order valence-electron chi connectivity index (χ4n) is 3.60. The SMILES string of the molecule is COc1ccccc1N(C(C)=O)c1nc(CN2CCN(c3ccccn3)CC2)cs1. The number of piperazine rings is 1. The first-order valence-electron chi connectivity index (χ1n) is 9.92. The van der Waals surface area contributed by atoms with Crippen molar-refractivity contribution in [1.82, 2.24) is 14.9 Å². The number of benzene rings is 1. The lowest BCUT2D eigenvalue weighted by molar-refractivity contribution is -0.115. The van der Waals surface area contributed by atoms with E-state index in [2.05, 4.69) is 20.9 Å². The molecule has 8 heteroatoms. The summed E-state index contributed by atoms with van der Waals surface area (Å²) >= 11 is 1.48. The van der Waals surface area contributed by atoms with E-state index in [1.54, 1.807) is 18.9 Å². The van der Waals surface area contributed by atoms with Gasteiger partial charge in [0.2, 0.25) is 5.91 Å². The average Bonchev–Trinajstić information content (AvgIpc) is 3.23. The van der Waals surface area contributed by atoms with Gasteiger partial charge in [-0.2, -0.15) is 0 Å². The summed E-state index contributed by atoms with van der Waals surface area (Å²) in [5, 5.41) is 2.69. The number of carbonyl (C=O) groups excluding carboxylic acids is 1. The Balaban J connectivity index is 1.43. The van der Waals surface area contributed by atoms with E-state index in [4.69, 9.17) is 9.72 Å². The standard InChI is InChI=1S/C22H25N5O2S/c1-17(28)27(19-7-3-4-8-20(19)29-2)22-24-18(16-30-22)15-25-11-13-26(14-12-25)21-9-5-6-10-23-21/h3-10,16H,11-15H2,1-2H3. The Morgan fingerprint density at radius 1 is 1.13 bits per heavy atom. The van der Waals surface area contributed by atoms with Crippen molar-refractivity contribution >= 4 is 33.9 Å². The molecule has 7 nitrogen and oxygen atoms in total. The van der Waals surface area contributed by atoms with Gasteiger partial charge in [-0.25, -0.2) is 9.97 Å². The fraction of sp³-hybridized carbons (Fsp3) is 0.318. The summed E-state index contributed by atoms with van der Waals surface area (Å²) in [6.07, 6.45) is 1.83. The Morgan fingerprint density at radius 2 is 1.90 bits per heavy atom. The Kier molecular flexibility index (Phi) is 6.25. The lowest BCUT2D eigenvalue weighted by atomic mass is 10.2. The van der Waals surface area contributed by atoms with Crippen LogP contribution < -0.4 is 14.5 Å². The first-order chi connectivity index (χ1) is 14.7. The number of rotatable bonds is 6. The summed E-state index contributed by atoms with van der Waals surface area (Å²) < 4.78 is 5.44. The molecule has 0 spiro atoms. The first kappa shape index (κ1) is 20.3. The highest BCUT2D eigenvalue weighted by Crippen LogP contribution is 2.35. The molecule has 0 N–H and O–H groups in total. The van der Waals surface area contributed by atoms with Gasteiger partial charge >= 0.3 is 0 Å². The second-order valence-corrected chi connectivity index (χ2v) is 7.94. The zero-order valence-corrected chi connectivity index (χ0v) is 18.0. The maximum Gasteiger partial charge on any atom is 0.230 e. The minimum atomic E-state index is -0.0932. The molecule has 0 unspecified atom stereocenters. The molecule has 0 atom stereocenters. The van der Waals surface area contributed by atoms with Gasteiger partial charge in [0.25, 0.3) is 0 Å². The summed E-state index contributed by atoms with van der Waals surface area (Å²) in [7, 11) is 1.61. The molecule has 0 bridgehead atoms. The number of amides is 1. The molecular formula is C22H25N5O2S. The van der Waals surface area contributed by atoms with Gasteiger partial charge in [0.1, 0.15) is 11.6 Å². The second kappa shape index (κ2) is 9.23. The normalized spacial score (nSPS) is 14.5. The van der Waals surface area contributed by atoms with E-state index in [1.165, 1.54) is 11.3 Å². The number of hydrogen-bond acceptors (Lipinski definition) is 7. The van der Waals surface area contributed by atoms with Crippen molar-refractivity contribution in [2.45, 2.75) is 13.5 Å². The van der Waals surface area contributed by atoms with Crippen LogP contribution in [0.5, 0.6) is 5.75 Å². The van der Waals surface area contributed by atoms with Crippen LogP contribution in [0, 0.1) is 0 Å². The van der Waals surface area contributed by atoms with Crippen molar-refractivity contribution in [3.8, 4) is 5.75 Å². The molecule has 156 valence electrons. The fourth-order valence-corrected chi connectivity index (χ4v) is 4.47. The number of aromatic nitrogens is 2. The smallest absolute Gasteiger partial charge is 0.230 e. The molecule has 1 aromatic carbocycles. The van der Waals surface area contributed by atoms with Crippen molar-refractivity contribution < 1.29 is 9.53 Å². The van der Waals surface area contributed by atoms with Crippen LogP contribution in [0.4, 0.5) is 16.6 Å². The summed E-state index contributed by atoms with van der Waals surface area (Å²) in [5.74, 6) is 1.58. The van der Waals surface area contributed by atoms with Gasteiger partial charge in [0, 0.05) is 51.2 Å². The summed E-state index contributed by atoms with van der Waals surface area (Å²) in [6.45, 7) is 6.09. The minimum Gasteiger partial charge on any atom is -0.495 e. The maximum absolute atomic E-state index is 12.4. The van der Waals surface area contributed by atoms with Gasteiger partial charge < -0.3 is 9.64 Å². The number of ether oxygens (including phenoxy) is 1. The molecule has 1 amide bonds. The van der Waals surface area contributed by atoms with Gasteiger partial charge in [0.15, 0.2) is 5.13 Å². The maximum atomic E-state index is 12.4. The molecule has 3 aromatic rings. The zero-order chi connectivity index (χ0) is 20.9. The molecule has 4 rings (SSSR count). The summed E-state index contributed by atoms with van der Waals surface area (Å²) in [4.78, 5) is 27.9. The zero-order valence-electron chi connectivity index (χ0n) is 17.2. The number of carbonyl (C=O) groups is 1. The van der Waals surface area contributed by atoms with Gasteiger partial charge in [-0.3, -0.25) is 14.6 Å². The number of thiazole rings is 1. The number of pyridine rings is 1. The topological polar surface area (TPSA) is 61.8 Å². The monoisotopic (exact) mass is 423 g/mol. The van der Waals surface area contributed by atoms with Crippen molar-refractivity contribution in [1.29, 1.82) is 0 Å². The number of hydrogen-bond donors (Lipinski definition) is 0. The van der Waals surface area contributed by atoms with E-state index in [1.807, 2.05) is 48.0 Å². The summed E-state index contributed by atoms with van der Waals surface area (Å²) in [5.41, 5.74) is 1.68. The Morgan fingerprint density at radius 3 is 2.60 bits per heavy atom. The largest absolute Gasteiger partial charge is 0.495 e. The van der Waals surface area contributed by atoms with E-state index in [-0.39, 0.29) is 5.91 Å². The van der Waals surface area contributed by atoms with Crippen molar-refractivity contribution in [3.05, 3.63) is 59.7 Å². The first-order valence-corrected chi connectivity index (χ1v) is 10.8. The van der Waals surface area contributed by atoms with Gasteiger partial charge in [-0.05, 0) is 24.3 Å². The quantitative estimate of drug-likeness (QED) is 0.604. The van der Waals surface area contributed by atoms with Crippen LogP contribution in [-0.4, -0.2) is 54.1 Å². The van der Waals surface area contributed by atoms with Crippen LogP contribution >= 0.6 is 11.3 Å². The number of para-hydroxylation sites is 2.